The van der Waals surface area contributed by atoms with Crippen molar-refractivity contribution in [1.82, 2.24) is 4.90 Å². The number of piperidine rings is 1. The van der Waals surface area contributed by atoms with E-state index in [9.17, 15) is 4.79 Å². The zero-order chi connectivity index (χ0) is 20.8. The summed E-state index contributed by atoms with van der Waals surface area (Å²) in [7, 11) is 0. The first-order valence-electron chi connectivity index (χ1n) is 11.1. The van der Waals surface area contributed by atoms with E-state index in [1.165, 1.54) is 5.57 Å². The third-order valence-corrected chi connectivity index (χ3v) is 7.05. The molecule has 30 heavy (non-hydrogen) atoms. The summed E-state index contributed by atoms with van der Waals surface area (Å²) in [6.07, 6.45) is 8.69. The molecule has 1 aromatic carbocycles. The van der Waals surface area contributed by atoms with E-state index in [0.717, 1.165) is 51.0 Å². The first-order chi connectivity index (χ1) is 14.7. The average molecular weight is 429 g/mol. The number of rotatable bonds is 7. The highest BCUT2D eigenvalue weighted by Crippen LogP contribution is 2.35. The number of carbonyl (C=O) groups is 1. The molecular weight excluding hydrogens is 396 g/mol. The van der Waals surface area contributed by atoms with Crippen molar-refractivity contribution in [2.45, 2.75) is 56.8 Å². The zero-order valence-electron chi connectivity index (χ0n) is 17.7. The fourth-order valence-electron chi connectivity index (χ4n) is 4.41. The Kier molecular flexibility index (Phi) is 7.66. The molecule has 6 heteroatoms. The van der Waals surface area contributed by atoms with Gasteiger partial charge in [-0.15, -0.1) is 0 Å². The lowest BCUT2D eigenvalue weighted by Gasteiger charge is -2.39. The van der Waals surface area contributed by atoms with E-state index in [1.807, 2.05) is 42.2 Å². The van der Waals surface area contributed by atoms with Gasteiger partial charge in [0.15, 0.2) is 6.29 Å². The van der Waals surface area contributed by atoms with Gasteiger partial charge in [-0.1, -0.05) is 49.0 Å². The molecule has 2 atom stereocenters. The highest BCUT2D eigenvalue weighted by atomic mass is 32.2. The Bertz CT molecular complexity index is 759. The Morgan fingerprint density at radius 1 is 1.23 bits per heavy atom. The lowest BCUT2D eigenvalue weighted by Crippen LogP contribution is -2.48. The van der Waals surface area contributed by atoms with Crippen molar-refractivity contribution in [3.63, 3.8) is 0 Å². The molecule has 4 rings (SSSR count). The van der Waals surface area contributed by atoms with Crippen LogP contribution < -0.4 is 4.90 Å². The predicted molar refractivity (Wildman–Crippen MR) is 122 cm³/mol. The van der Waals surface area contributed by atoms with Gasteiger partial charge in [-0.2, -0.15) is 0 Å². The molecule has 0 saturated carbocycles. The van der Waals surface area contributed by atoms with Crippen molar-refractivity contribution in [2.24, 2.45) is 0 Å². The number of ether oxygens (including phenoxy) is 2. The summed E-state index contributed by atoms with van der Waals surface area (Å²) in [5, 5.41) is 2.09. The maximum absolute atomic E-state index is 12.6. The molecule has 3 heterocycles. The van der Waals surface area contributed by atoms with Gasteiger partial charge in [0.25, 0.3) is 0 Å². The van der Waals surface area contributed by atoms with Crippen LogP contribution in [-0.4, -0.2) is 54.8 Å². The lowest BCUT2D eigenvalue weighted by molar-refractivity contribution is -0.161. The molecule has 2 unspecified atom stereocenters. The fraction of sp³-hybridized carbons (Fsp3) is 0.542. The van der Waals surface area contributed by atoms with Crippen molar-refractivity contribution in [1.29, 1.82) is 0 Å². The van der Waals surface area contributed by atoms with Gasteiger partial charge in [0.1, 0.15) is 5.44 Å². The Balaban J connectivity index is 1.21. The van der Waals surface area contributed by atoms with Crippen LogP contribution in [0, 0.1) is 0 Å². The summed E-state index contributed by atoms with van der Waals surface area (Å²) in [5.41, 5.74) is 2.52. The summed E-state index contributed by atoms with van der Waals surface area (Å²) < 4.78 is 12.1. The molecule has 2 fully saturated rings. The van der Waals surface area contributed by atoms with E-state index in [2.05, 4.69) is 22.5 Å². The van der Waals surface area contributed by atoms with Crippen LogP contribution in [0.5, 0.6) is 0 Å². The quantitative estimate of drug-likeness (QED) is 0.637. The molecule has 0 bridgehead atoms. The first kappa shape index (κ1) is 21.6. The molecule has 0 spiro atoms. The molecule has 0 radical (unpaired) electrons. The van der Waals surface area contributed by atoms with Crippen LogP contribution in [0.25, 0.3) is 0 Å². The highest BCUT2D eigenvalue weighted by Gasteiger charge is 2.30. The van der Waals surface area contributed by atoms with Crippen molar-refractivity contribution < 1.29 is 14.3 Å². The number of allylic oxidation sites excluding steroid dienone is 2. The van der Waals surface area contributed by atoms with Gasteiger partial charge < -0.3 is 19.3 Å². The molecule has 5 nitrogen and oxygen atoms in total. The summed E-state index contributed by atoms with van der Waals surface area (Å²) in [6, 6.07) is 10.4. The van der Waals surface area contributed by atoms with Gasteiger partial charge in [-0.05, 0) is 42.4 Å². The van der Waals surface area contributed by atoms with Gasteiger partial charge in [0, 0.05) is 44.2 Å². The number of thioether (sulfide) groups is 1. The van der Waals surface area contributed by atoms with Gasteiger partial charge >= 0.3 is 0 Å². The number of hydrogen-bond donors (Lipinski definition) is 0. The van der Waals surface area contributed by atoms with Gasteiger partial charge in [-0.3, -0.25) is 4.79 Å². The SMILES string of the molecule is CCC(=O)N(c1ccccc1)C1CCN(CCOC2CCC3=CC=CSC3O2)CC1. The topological polar surface area (TPSA) is 42.0 Å². The number of anilines is 1. The second-order valence-corrected chi connectivity index (χ2v) is 9.01. The van der Waals surface area contributed by atoms with Crippen molar-refractivity contribution >= 4 is 23.4 Å². The van der Waals surface area contributed by atoms with E-state index >= 15 is 0 Å². The van der Waals surface area contributed by atoms with E-state index < -0.39 is 0 Å². The second kappa shape index (κ2) is 10.6. The van der Waals surface area contributed by atoms with Gasteiger partial charge in [0.05, 0.1) is 6.61 Å². The van der Waals surface area contributed by atoms with Crippen molar-refractivity contribution in [2.75, 3.05) is 31.1 Å². The van der Waals surface area contributed by atoms with Crippen LogP contribution >= 0.6 is 11.8 Å². The molecule has 0 N–H and O–H groups in total. The summed E-state index contributed by atoms with van der Waals surface area (Å²) in [6.45, 7) is 5.54. The number of benzene rings is 1. The van der Waals surface area contributed by atoms with E-state index in [-0.39, 0.29) is 23.7 Å². The minimum atomic E-state index is -0.0977. The van der Waals surface area contributed by atoms with E-state index in [0.29, 0.717) is 13.0 Å². The third kappa shape index (κ3) is 5.35. The number of hydrogen-bond acceptors (Lipinski definition) is 5. The van der Waals surface area contributed by atoms with Crippen molar-refractivity contribution in [3.8, 4) is 0 Å². The smallest absolute Gasteiger partial charge is 0.226 e. The Hall–Kier alpha value is -1.60. The standard InChI is InChI=1S/C24H32N2O3S/c1-2-22(27)26(20-8-4-3-5-9-20)21-12-14-25(15-13-21)16-17-28-23-11-10-19-7-6-18-30-24(19)29-23/h3-9,18,21,23-24H,2,10-17H2,1H3. The van der Waals surface area contributed by atoms with E-state index in [4.69, 9.17) is 9.47 Å². The number of likely N-dealkylation sites (tertiary alicyclic amines) is 1. The van der Waals surface area contributed by atoms with Crippen LogP contribution in [0.15, 0.2) is 53.5 Å². The molecule has 1 aromatic rings. The Morgan fingerprint density at radius 3 is 2.80 bits per heavy atom. The largest absolute Gasteiger partial charge is 0.351 e. The predicted octanol–water partition coefficient (Wildman–Crippen LogP) is 4.56. The monoisotopic (exact) mass is 428 g/mol. The van der Waals surface area contributed by atoms with Gasteiger partial charge in [0.2, 0.25) is 5.91 Å². The van der Waals surface area contributed by atoms with Crippen LogP contribution in [0.1, 0.15) is 39.0 Å². The fourth-order valence-corrected chi connectivity index (χ4v) is 5.28. The number of nitrogens with zero attached hydrogens (tertiary/aromatic N) is 2. The minimum Gasteiger partial charge on any atom is -0.351 e. The number of fused-ring (bicyclic) bond motifs is 1. The number of para-hydroxylation sites is 1. The summed E-state index contributed by atoms with van der Waals surface area (Å²) >= 11 is 1.72. The molecule has 162 valence electrons. The number of carbonyl (C=O) groups excluding carboxylic acids is 1. The van der Waals surface area contributed by atoms with Crippen LogP contribution in [-0.2, 0) is 14.3 Å². The van der Waals surface area contributed by atoms with Crippen LogP contribution in [0.3, 0.4) is 0 Å². The normalized spacial score (nSPS) is 24.9. The average Bonchev–Trinajstić information content (AvgIpc) is 2.81. The molecule has 2 saturated heterocycles. The van der Waals surface area contributed by atoms with Crippen LogP contribution in [0.4, 0.5) is 5.69 Å². The molecule has 3 aliphatic heterocycles. The molecule has 3 aliphatic rings. The molecular formula is C24H32N2O3S. The van der Waals surface area contributed by atoms with E-state index in [1.54, 1.807) is 11.8 Å². The Morgan fingerprint density at radius 2 is 2.03 bits per heavy atom. The van der Waals surface area contributed by atoms with Crippen LogP contribution in [0.2, 0.25) is 0 Å². The molecule has 1 amide bonds. The summed E-state index contributed by atoms with van der Waals surface area (Å²) in [5.74, 6) is 0.210. The van der Waals surface area contributed by atoms with Crippen molar-refractivity contribution in [3.05, 3.63) is 53.5 Å². The molecule has 0 aromatic heterocycles. The highest BCUT2D eigenvalue weighted by molar-refractivity contribution is 8.02. The van der Waals surface area contributed by atoms with Gasteiger partial charge in [-0.25, -0.2) is 0 Å². The molecule has 0 aliphatic carbocycles. The Labute approximate surface area is 184 Å². The maximum atomic E-state index is 12.6. The number of amides is 1. The summed E-state index contributed by atoms with van der Waals surface area (Å²) in [4.78, 5) is 17.1. The minimum absolute atomic E-state index is 0.0977. The second-order valence-electron chi connectivity index (χ2n) is 8.04. The first-order valence-corrected chi connectivity index (χ1v) is 12.1. The third-order valence-electron chi connectivity index (χ3n) is 6.08. The maximum Gasteiger partial charge on any atom is 0.226 e. The zero-order valence-corrected chi connectivity index (χ0v) is 18.6. The lowest BCUT2D eigenvalue weighted by atomic mass is 10.0.